The van der Waals surface area contributed by atoms with Crippen LogP contribution in [0.25, 0.3) is 0 Å². The van der Waals surface area contributed by atoms with E-state index in [9.17, 15) is 19.5 Å². The number of carbonyl (C=O) groups is 3. The van der Waals surface area contributed by atoms with Gasteiger partial charge in [0.25, 0.3) is 5.91 Å². The van der Waals surface area contributed by atoms with Crippen molar-refractivity contribution in [3.05, 3.63) is 29.3 Å². The van der Waals surface area contributed by atoms with Crippen molar-refractivity contribution in [3.63, 3.8) is 0 Å². The molecule has 1 rings (SSSR count). The lowest BCUT2D eigenvalue weighted by atomic mass is 9.98. The second-order valence-electron chi connectivity index (χ2n) is 6.62. The molecule has 0 aliphatic carbocycles. The number of anilines is 1. The Balaban J connectivity index is 2.89. The number of aliphatic carboxylic acids is 1. The van der Waals surface area contributed by atoms with Crippen molar-refractivity contribution in [2.45, 2.75) is 53.0 Å². The Hall–Kier alpha value is -2.37. The van der Waals surface area contributed by atoms with Gasteiger partial charge < -0.3 is 15.7 Å². The zero-order chi connectivity index (χ0) is 18.5. The first-order chi connectivity index (χ1) is 11.1. The molecule has 1 aromatic carbocycles. The molecule has 0 aliphatic heterocycles. The van der Waals surface area contributed by atoms with Crippen LogP contribution in [0.4, 0.5) is 5.69 Å². The minimum atomic E-state index is -1.31. The molecule has 6 nitrogen and oxygen atoms in total. The van der Waals surface area contributed by atoms with Crippen LogP contribution in [-0.2, 0) is 9.59 Å². The molecule has 0 bridgehead atoms. The summed E-state index contributed by atoms with van der Waals surface area (Å²) in [5, 5.41) is 14.6. The van der Waals surface area contributed by atoms with E-state index >= 15 is 0 Å². The molecule has 1 aromatic rings. The Morgan fingerprint density at radius 2 is 1.88 bits per heavy atom. The van der Waals surface area contributed by atoms with E-state index in [1.165, 1.54) is 6.92 Å². The fraction of sp³-hybridized carbons (Fsp3) is 0.500. The van der Waals surface area contributed by atoms with Gasteiger partial charge in [-0.1, -0.05) is 20.8 Å². The zero-order valence-corrected chi connectivity index (χ0v) is 14.9. The molecule has 0 spiro atoms. The lowest BCUT2D eigenvalue weighted by Gasteiger charge is -2.24. The van der Waals surface area contributed by atoms with Gasteiger partial charge in [0.05, 0.1) is 0 Å². The van der Waals surface area contributed by atoms with Crippen molar-refractivity contribution in [2.24, 2.45) is 5.92 Å². The molecule has 132 valence electrons. The first kappa shape index (κ1) is 19.7. The van der Waals surface area contributed by atoms with Crippen LogP contribution in [0.5, 0.6) is 0 Å². The summed E-state index contributed by atoms with van der Waals surface area (Å²) in [6, 6.07) is 4.87. The average molecular weight is 334 g/mol. The quantitative estimate of drug-likeness (QED) is 0.714. The fourth-order valence-corrected chi connectivity index (χ4v) is 2.13. The molecule has 2 amide bonds. The second kappa shape index (κ2) is 7.95. The molecule has 0 heterocycles. The largest absolute Gasteiger partial charge is 0.480 e. The maximum Gasteiger partial charge on any atom is 0.329 e. The number of benzene rings is 1. The predicted octanol–water partition coefficient (Wildman–Crippen LogP) is 2.96. The van der Waals surface area contributed by atoms with Gasteiger partial charge in [-0.2, -0.15) is 0 Å². The van der Waals surface area contributed by atoms with Crippen LogP contribution in [0.15, 0.2) is 18.2 Å². The maximum atomic E-state index is 12.3. The van der Waals surface area contributed by atoms with Gasteiger partial charge in [-0.25, -0.2) is 4.79 Å². The molecular formula is C18H26N2O4. The van der Waals surface area contributed by atoms with Crippen molar-refractivity contribution in [3.8, 4) is 0 Å². The number of carbonyl (C=O) groups excluding carboxylic acids is 2. The van der Waals surface area contributed by atoms with Gasteiger partial charge in [-0.3, -0.25) is 9.59 Å². The highest BCUT2D eigenvalue weighted by molar-refractivity contribution is 5.99. The maximum absolute atomic E-state index is 12.3. The van der Waals surface area contributed by atoms with Crippen LogP contribution in [0.2, 0.25) is 0 Å². The monoisotopic (exact) mass is 334 g/mol. The molecule has 6 heteroatoms. The van der Waals surface area contributed by atoms with E-state index < -0.39 is 17.4 Å². The summed E-state index contributed by atoms with van der Waals surface area (Å²) < 4.78 is 0. The summed E-state index contributed by atoms with van der Waals surface area (Å²) >= 11 is 0. The second-order valence-corrected chi connectivity index (χ2v) is 6.62. The number of amides is 2. The van der Waals surface area contributed by atoms with E-state index in [0.717, 1.165) is 5.56 Å². The third-order valence-electron chi connectivity index (χ3n) is 3.92. The molecule has 0 aromatic heterocycles. The highest BCUT2D eigenvalue weighted by atomic mass is 16.4. The molecule has 24 heavy (non-hydrogen) atoms. The van der Waals surface area contributed by atoms with Crippen LogP contribution in [0.3, 0.4) is 0 Å². The molecule has 1 atom stereocenters. The fourth-order valence-electron chi connectivity index (χ4n) is 2.13. The van der Waals surface area contributed by atoms with E-state index in [-0.39, 0.29) is 18.2 Å². The van der Waals surface area contributed by atoms with E-state index in [4.69, 9.17) is 0 Å². The molecule has 0 aliphatic rings. The first-order valence-electron chi connectivity index (χ1n) is 8.05. The van der Waals surface area contributed by atoms with Crippen molar-refractivity contribution in [1.82, 2.24) is 5.32 Å². The molecule has 0 saturated carbocycles. The summed E-state index contributed by atoms with van der Waals surface area (Å²) in [6.45, 7) is 8.89. The van der Waals surface area contributed by atoms with E-state index in [1.54, 1.807) is 32.0 Å². The van der Waals surface area contributed by atoms with Gasteiger partial charge in [0.15, 0.2) is 0 Å². The number of rotatable bonds is 7. The van der Waals surface area contributed by atoms with Gasteiger partial charge in [0.1, 0.15) is 5.54 Å². The standard InChI is InChI=1S/C18H26N2O4/c1-6-18(5,17(23)24)20-16(22)13-7-8-14(12(4)10-13)19-15(21)9-11(2)3/h7-8,10-11H,6,9H2,1-5H3,(H,19,21)(H,20,22)(H,23,24). The Labute approximate surface area is 142 Å². The van der Waals surface area contributed by atoms with Gasteiger partial charge in [-0.15, -0.1) is 0 Å². The highest BCUT2D eigenvalue weighted by Gasteiger charge is 2.33. The van der Waals surface area contributed by atoms with Gasteiger partial charge in [0, 0.05) is 17.7 Å². The number of aryl methyl sites for hydroxylation is 1. The third-order valence-corrected chi connectivity index (χ3v) is 3.92. The van der Waals surface area contributed by atoms with Crippen molar-refractivity contribution in [2.75, 3.05) is 5.32 Å². The third kappa shape index (κ3) is 5.08. The topological polar surface area (TPSA) is 95.5 Å². The lowest BCUT2D eigenvalue weighted by molar-refractivity contribution is -0.143. The van der Waals surface area contributed by atoms with Crippen LogP contribution >= 0.6 is 0 Å². The van der Waals surface area contributed by atoms with E-state index in [2.05, 4.69) is 10.6 Å². The summed E-state index contributed by atoms with van der Waals surface area (Å²) in [5.41, 5.74) is 0.437. The van der Waals surface area contributed by atoms with Crippen LogP contribution in [-0.4, -0.2) is 28.4 Å². The number of hydrogen-bond acceptors (Lipinski definition) is 3. The lowest BCUT2D eigenvalue weighted by Crippen LogP contribution is -2.51. The number of carboxylic acid groups (broad SMARTS) is 1. The molecule has 3 N–H and O–H groups in total. The highest BCUT2D eigenvalue weighted by Crippen LogP contribution is 2.19. The van der Waals surface area contributed by atoms with Gasteiger partial charge in [-0.05, 0) is 49.9 Å². The van der Waals surface area contributed by atoms with Gasteiger partial charge >= 0.3 is 5.97 Å². The summed E-state index contributed by atoms with van der Waals surface area (Å²) in [7, 11) is 0. The Morgan fingerprint density at radius 3 is 2.33 bits per heavy atom. The first-order valence-corrected chi connectivity index (χ1v) is 8.05. The Morgan fingerprint density at radius 1 is 1.25 bits per heavy atom. The van der Waals surface area contributed by atoms with E-state index in [1.807, 2.05) is 13.8 Å². The zero-order valence-electron chi connectivity index (χ0n) is 14.9. The number of carboxylic acids is 1. The van der Waals surface area contributed by atoms with Crippen molar-refractivity contribution in [1.29, 1.82) is 0 Å². The normalized spacial score (nSPS) is 13.2. The van der Waals surface area contributed by atoms with Crippen LogP contribution in [0.1, 0.15) is 56.5 Å². The predicted molar refractivity (Wildman–Crippen MR) is 93.1 cm³/mol. The summed E-state index contributed by atoms with van der Waals surface area (Å²) in [4.78, 5) is 35.4. The van der Waals surface area contributed by atoms with Crippen molar-refractivity contribution >= 4 is 23.5 Å². The van der Waals surface area contributed by atoms with E-state index in [0.29, 0.717) is 17.7 Å². The minimum absolute atomic E-state index is 0.0743. The molecule has 1 unspecified atom stereocenters. The average Bonchev–Trinajstić information content (AvgIpc) is 2.47. The van der Waals surface area contributed by atoms with Crippen LogP contribution < -0.4 is 10.6 Å². The Kier molecular flexibility index (Phi) is 6.51. The summed E-state index contributed by atoms with van der Waals surface area (Å²) in [5.74, 6) is -1.34. The minimum Gasteiger partial charge on any atom is -0.480 e. The molecular weight excluding hydrogens is 308 g/mol. The number of hydrogen-bond donors (Lipinski definition) is 3. The van der Waals surface area contributed by atoms with Crippen LogP contribution in [0, 0.1) is 12.8 Å². The number of nitrogens with one attached hydrogen (secondary N) is 2. The summed E-state index contributed by atoms with van der Waals surface area (Å²) in [6.07, 6.45) is 0.700. The molecule has 0 fully saturated rings. The van der Waals surface area contributed by atoms with Gasteiger partial charge in [0.2, 0.25) is 5.91 Å². The SMILES string of the molecule is CCC(C)(NC(=O)c1ccc(NC(=O)CC(C)C)c(C)c1)C(=O)O. The van der Waals surface area contributed by atoms with Crippen molar-refractivity contribution < 1.29 is 19.5 Å². The molecule has 0 saturated heterocycles. The molecule has 0 radical (unpaired) electrons. The Bertz CT molecular complexity index is 640. The smallest absolute Gasteiger partial charge is 0.329 e.